The zero-order chi connectivity index (χ0) is 19.9. The van der Waals surface area contributed by atoms with Crippen LogP contribution in [0.5, 0.6) is 11.5 Å². The van der Waals surface area contributed by atoms with Crippen LogP contribution in [0.1, 0.15) is 63.0 Å². The molecule has 1 aliphatic rings. The highest BCUT2D eigenvalue weighted by molar-refractivity contribution is 5.80. The molecule has 0 aliphatic heterocycles. The number of hydrogen-bond acceptors (Lipinski definition) is 3. The summed E-state index contributed by atoms with van der Waals surface area (Å²) >= 11 is 0. The molecule has 1 aliphatic carbocycles. The Morgan fingerprint density at radius 2 is 1.68 bits per heavy atom. The minimum Gasteiger partial charge on any atom is -0.497 e. The van der Waals surface area contributed by atoms with Gasteiger partial charge in [0.05, 0.1) is 13.7 Å². The molecule has 2 aromatic carbocycles. The number of fused-ring (bicyclic) bond motifs is 3. The summed E-state index contributed by atoms with van der Waals surface area (Å²) in [5.41, 5.74) is 5.05. The van der Waals surface area contributed by atoms with Crippen molar-refractivity contribution in [1.82, 2.24) is 5.32 Å². The molecule has 3 rings (SSSR count). The first kappa shape index (κ1) is 20.2. The van der Waals surface area contributed by atoms with E-state index in [4.69, 9.17) is 9.47 Å². The lowest BCUT2D eigenvalue weighted by molar-refractivity contribution is -0.120. The predicted octanol–water partition coefficient (Wildman–Crippen LogP) is 5.29. The minimum atomic E-state index is 0.0945. The summed E-state index contributed by atoms with van der Waals surface area (Å²) in [6, 6.07) is 12.7. The van der Waals surface area contributed by atoms with Gasteiger partial charge in [0, 0.05) is 18.9 Å². The Bertz CT molecular complexity index is 815. The lowest BCUT2D eigenvalue weighted by Crippen LogP contribution is -2.24. The van der Waals surface area contributed by atoms with Gasteiger partial charge in [-0.2, -0.15) is 0 Å². The number of ether oxygens (including phenoxy) is 2. The van der Waals surface area contributed by atoms with Crippen LogP contribution in [0.4, 0.5) is 0 Å². The Kier molecular flexibility index (Phi) is 6.96. The van der Waals surface area contributed by atoms with Gasteiger partial charge >= 0.3 is 0 Å². The first-order valence-electron chi connectivity index (χ1n) is 10.4. The summed E-state index contributed by atoms with van der Waals surface area (Å²) in [5.74, 6) is 2.12. The zero-order valence-electron chi connectivity index (χ0n) is 17.2. The largest absolute Gasteiger partial charge is 0.497 e. The molecule has 1 atom stereocenters. The number of amides is 1. The average molecular weight is 382 g/mol. The van der Waals surface area contributed by atoms with E-state index < -0.39 is 0 Å². The second kappa shape index (κ2) is 9.63. The number of carbonyl (C=O) groups excluding carboxylic acids is 1. The summed E-state index contributed by atoms with van der Waals surface area (Å²) in [4.78, 5) is 11.7. The van der Waals surface area contributed by atoms with Crippen molar-refractivity contribution in [1.29, 1.82) is 0 Å². The number of benzene rings is 2. The van der Waals surface area contributed by atoms with Gasteiger partial charge in [0.15, 0.2) is 0 Å². The molecule has 0 bridgehead atoms. The van der Waals surface area contributed by atoms with Gasteiger partial charge in [0.1, 0.15) is 11.5 Å². The van der Waals surface area contributed by atoms with E-state index in [1.807, 2.05) is 13.0 Å². The molecular formula is C24H31NO3. The number of nitrogens with one attached hydrogen (secondary N) is 1. The molecule has 2 aromatic rings. The molecular weight excluding hydrogens is 350 g/mol. The molecule has 0 saturated heterocycles. The first-order valence-corrected chi connectivity index (χ1v) is 10.4. The summed E-state index contributed by atoms with van der Waals surface area (Å²) in [6.07, 6.45) is 4.84. The van der Waals surface area contributed by atoms with Crippen molar-refractivity contribution >= 4 is 5.91 Å². The smallest absolute Gasteiger partial charge is 0.219 e. The number of methoxy groups -OCH3 is 1. The van der Waals surface area contributed by atoms with Crippen LogP contribution in [0.3, 0.4) is 0 Å². The summed E-state index contributed by atoms with van der Waals surface area (Å²) in [7, 11) is 1.70. The monoisotopic (exact) mass is 381 g/mol. The Morgan fingerprint density at radius 1 is 1.00 bits per heavy atom. The Labute approximate surface area is 168 Å². The van der Waals surface area contributed by atoms with Gasteiger partial charge in [-0.05, 0) is 59.4 Å². The van der Waals surface area contributed by atoms with E-state index in [9.17, 15) is 4.79 Å². The van der Waals surface area contributed by atoms with Gasteiger partial charge in [-0.25, -0.2) is 0 Å². The molecule has 28 heavy (non-hydrogen) atoms. The minimum absolute atomic E-state index is 0.0945. The van der Waals surface area contributed by atoms with Crippen LogP contribution in [0, 0.1) is 0 Å². The molecule has 1 unspecified atom stereocenters. The van der Waals surface area contributed by atoms with Crippen molar-refractivity contribution in [3.05, 3.63) is 47.5 Å². The maximum absolute atomic E-state index is 11.7. The molecule has 1 amide bonds. The topological polar surface area (TPSA) is 47.6 Å². The van der Waals surface area contributed by atoms with Gasteiger partial charge < -0.3 is 14.8 Å². The van der Waals surface area contributed by atoms with E-state index >= 15 is 0 Å². The highest BCUT2D eigenvalue weighted by Gasteiger charge is 2.29. The van der Waals surface area contributed by atoms with E-state index in [1.54, 1.807) is 7.11 Å². The van der Waals surface area contributed by atoms with Gasteiger partial charge in [-0.1, -0.05) is 38.8 Å². The maximum atomic E-state index is 11.7. The summed E-state index contributed by atoms with van der Waals surface area (Å²) in [5, 5.41) is 3.01. The molecule has 1 N–H and O–H groups in total. The van der Waals surface area contributed by atoms with Gasteiger partial charge in [-0.3, -0.25) is 4.79 Å². The van der Waals surface area contributed by atoms with Crippen molar-refractivity contribution in [3.8, 4) is 22.6 Å². The third kappa shape index (κ3) is 4.49. The number of unbranched alkanes of at least 4 members (excludes halogenated alkanes) is 2. The van der Waals surface area contributed by atoms with Crippen LogP contribution in [-0.2, 0) is 4.79 Å². The Hall–Kier alpha value is -2.49. The fourth-order valence-corrected chi connectivity index (χ4v) is 3.87. The van der Waals surface area contributed by atoms with Gasteiger partial charge in [0.2, 0.25) is 5.91 Å². The Balaban J connectivity index is 1.84. The van der Waals surface area contributed by atoms with Crippen LogP contribution < -0.4 is 14.8 Å². The average Bonchev–Trinajstić information content (AvgIpc) is 3.03. The molecule has 0 aromatic heterocycles. The highest BCUT2D eigenvalue weighted by Crippen LogP contribution is 2.48. The normalized spacial score (nSPS) is 14.3. The van der Waals surface area contributed by atoms with E-state index in [0.29, 0.717) is 13.0 Å². The van der Waals surface area contributed by atoms with Crippen LogP contribution in [-0.4, -0.2) is 26.2 Å². The van der Waals surface area contributed by atoms with Gasteiger partial charge in [0.25, 0.3) is 0 Å². The SMILES string of the molecule is CCCCCOc1ccc2c(c1)C(CCNC(=O)CC)c1cc(OC)ccc1-2. The van der Waals surface area contributed by atoms with Gasteiger partial charge in [-0.15, -0.1) is 0 Å². The molecule has 0 heterocycles. The first-order chi connectivity index (χ1) is 13.7. The number of hydrogen-bond donors (Lipinski definition) is 1. The molecule has 150 valence electrons. The van der Waals surface area contributed by atoms with Crippen molar-refractivity contribution < 1.29 is 14.3 Å². The lowest BCUT2D eigenvalue weighted by Gasteiger charge is -2.16. The van der Waals surface area contributed by atoms with Crippen LogP contribution in [0.2, 0.25) is 0 Å². The van der Waals surface area contributed by atoms with E-state index in [-0.39, 0.29) is 11.8 Å². The lowest BCUT2D eigenvalue weighted by atomic mass is 9.93. The molecule has 4 nitrogen and oxygen atoms in total. The molecule has 0 saturated carbocycles. The predicted molar refractivity (Wildman–Crippen MR) is 113 cm³/mol. The van der Waals surface area contributed by atoms with E-state index in [1.165, 1.54) is 35.1 Å². The third-order valence-corrected chi connectivity index (χ3v) is 5.42. The molecule has 0 spiro atoms. The second-order valence-corrected chi connectivity index (χ2v) is 7.30. The van der Waals surface area contributed by atoms with Crippen molar-refractivity contribution in [2.75, 3.05) is 20.3 Å². The standard InChI is InChI=1S/C24H31NO3/c1-4-6-7-14-28-18-9-11-20-19-10-8-17(27-3)15-22(19)21(23(20)16-18)12-13-25-24(26)5-2/h8-11,15-16,21H,4-7,12-14H2,1-3H3,(H,25,26). The quantitative estimate of drug-likeness (QED) is 0.569. The van der Waals surface area contributed by atoms with Crippen molar-refractivity contribution in [2.45, 2.75) is 51.9 Å². The molecule has 0 fully saturated rings. The summed E-state index contributed by atoms with van der Waals surface area (Å²) in [6.45, 7) is 5.49. The zero-order valence-corrected chi connectivity index (χ0v) is 17.2. The fraction of sp³-hybridized carbons (Fsp3) is 0.458. The summed E-state index contributed by atoms with van der Waals surface area (Å²) < 4.78 is 11.4. The highest BCUT2D eigenvalue weighted by atomic mass is 16.5. The van der Waals surface area contributed by atoms with Crippen LogP contribution >= 0.6 is 0 Å². The van der Waals surface area contributed by atoms with E-state index in [2.05, 4.69) is 42.6 Å². The van der Waals surface area contributed by atoms with Crippen molar-refractivity contribution in [3.63, 3.8) is 0 Å². The van der Waals surface area contributed by atoms with E-state index in [0.717, 1.165) is 30.9 Å². The molecule has 0 radical (unpaired) electrons. The van der Waals surface area contributed by atoms with Crippen LogP contribution in [0.25, 0.3) is 11.1 Å². The van der Waals surface area contributed by atoms with Crippen LogP contribution in [0.15, 0.2) is 36.4 Å². The van der Waals surface area contributed by atoms with Crippen molar-refractivity contribution in [2.24, 2.45) is 0 Å². The maximum Gasteiger partial charge on any atom is 0.219 e. The number of rotatable bonds is 10. The Morgan fingerprint density at radius 3 is 2.32 bits per heavy atom. The third-order valence-electron chi connectivity index (χ3n) is 5.42. The second-order valence-electron chi connectivity index (χ2n) is 7.30. The number of carbonyl (C=O) groups is 1. The molecule has 4 heteroatoms. The fourth-order valence-electron chi connectivity index (χ4n) is 3.87.